The molecule has 0 saturated heterocycles. The Bertz CT molecular complexity index is 1240. The highest BCUT2D eigenvalue weighted by molar-refractivity contribution is 7.98. The topological polar surface area (TPSA) is 59.9 Å². The van der Waals surface area contributed by atoms with E-state index in [1.54, 1.807) is 11.8 Å². The monoisotopic (exact) mass is 478 g/mol. The van der Waals surface area contributed by atoms with Crippen molar-refractivity contribution in [3.8, 4) is 17.1 Å². The molecule has 0 fully saturated rings. The fraction of sp³-hybridized carbons (Fsp3) is 0.125. The largest absolute Gasteiger partial charge is 0.448 e. The number of fused-ring (bicyclic) bond motifs is 3. The summed E-state index contributed by atoms with van der Waals surface area (Å²) >= 11 is 9.20. The Hall–Kier alpha value is -2.74. The summed E-state index contributed by atoms with van der Waals surface area (Å²) in [5.41, 5.74) is 4.63. The molecule has 8 heteroatoms. The van der Waals surface area contributed by atoms with Gasteiger partial charge in [0.05, 0.1) is 0 Å². The Balaban J connectivity index is 1.46. The zero-order valence-electron chi connectivity index (χ0n) is 17.2. The molecule has 1 atom stereocenters. The van der Waals surface area contributed by atoms with Crippen LogP contribution in [0.2, 0.25) is 5.02 Å². The van der Waals surface area contributed by atoms with Gasteiger partial charge in [-0.05, 0) is 42.2 Å². The van der Waals surface area contributed by atoms with Gasteiger partial charge in [-0.3, -0.25) is 0 Å². The van der Waals surface area contributed by atoms with Gasteiger partial charge in [0.25, 0.3) is 0 Å². The highest BCUT2D eigenvalue weighted by atomic mass is 35.5. The molecule has 2 heterocycles. The van der Waals surface area contributed by atoms with E-state index in [1.807, 2.05) is 48.5 Å². The molecule has 0 aliphatic carbocycles. The average molecular weight is 479 g/mol. The second-order valence-electron chi connectivity index (χ2n) is 7.12. The minimum Gasteiger partial charge on any atom is -0.448 e. The molecule has 5 nitrogen and oxygen atoms in total. The van der Waals surface area contributed by atoms with E-state index in [2.05, 4.69) is 46.0 Å². The SMILES string of the molecule is CSc1ccc([C@H]2Nc3ccccc3-c3nnc(SCc4ccc(Cl)cc4)nc3O2)cc1. The summed E-state index contributed by atoms with van der Waals surface area (Å²) in [4.78, 5) is 5.91. The molecule has 160 valence electrons. The maximum absolute atomic E-state index is 6.35. The average Bonchev–Trinajstić information content (AvgIpc) is 3.00. The van der Waals surface area contributed by atoms with E-state index < -0.39 is 0 Å². The third kappa shape index (κ3) is 4.55. The van der Waals surface area contributed by atoms with E-state index in [-0.39, 0.29) is 6.23 Å². The maximum atomic E-state index is 6.35. The van der Waals surface area contributed by atoms with E-state index in [0.717, 1.165) is 27.4 Å². The van der Waals surface area contributed by atoms with Crippen molar-refractivity contribution in [3.05, 3.63) is 88.9 Å². The van der Waals surface area contributed by atoms with Crippen molar-refractivity contribution in [2.24, 2.45) is 0 Å². The van der Waals surface area contributed by atoms with Gasteiger partial charge in [0.2, 0.25) is 11.0 Å². The number of hydrogen-bond acceptors (Lipinski definition) is 7. The molecule has 0 radical (unpaired) electrons. The lowest BCUT2D eigenvalue weighted by Crippen LogP contribution is -2.17. The molecule has 0 amide bonds. The van der Waals surface area contributed by atoms with Crippen LogP contribution < -0.4 is 10.1 Å². The Morgan fingerprint density at radius 3 is 2.53 bits per heavy atom. The van der Waals surface area contributed by atoms with E-state index in [1.165, 1.54) is 16.7 Å². The second kappa shape index (κ2) is 9.40. The van der Waals surface area contributed by atoms with E-state index in [4.69, 9.17) is 21.3 Å². The number of anilines is 1. The van der Waals surface area contributed by atoms with Gasteiger partial charge in [0.1, 0.15) is 0 Å². The number of aromatic nitrogens is 3. The van der Waals surface area contributed by atoms with Crippen LogP contribution in [0.5, 0.6) is 5.88 Å². The zero-order valence-corrected chi connectivity index (χ0v) is 19.5. The molecule has 5 rings (SSSR count). The van der Waals surface area contributed by atoms with Crippen molar-refractivity contribution in [3.63, 3.8) is 0 Å². The predicted molar refractivity (Wildman–Crippen MR) is 131 cm³/mol. The third-order valence-electron chi connectivity index (χ3n) is 5.03. The molecular formula is C24H19ClN4OS2. The molecule has 0 unspecified atom stereocenters. The molecule has 1 N–H and O–H groups in total. The first-order valence-electron chi connectivity index (χ1n) is 9.98. The van der Waals surface area contributed by atoms with Crippen LogP contribution in [0.25, 0.3) is 11.3 Å². The van der Waals surface area contributed by atoms with Crippen molar-refractivity contribution in [2.45, 2.75) is 22.0 Å². The number of halogens is 1. The lowest BCUT2D eigenvalue weighted by Gasteiger charge is -2.19. The van der Waals surface area contributed by atoms with Gasteiger partial charge in [0.15, 0.2) is 11.9 Å². The second-order valence-corrected chi connectivity index (χ2v) is 9.38. The quantitative estimate of drug-likeness (QED) is 0.320. The first kappa shape index (κ1) is 21.1. The van der Waals surface area contributed by atoms with E-state index in [9.17, 15) is 0 Å². The maximum Gasteiger partial charge on any atom is 0.247 e. The first-order chi connectivity index (χ1) is 15.7. The van der Waals surface area contributed by atoms with Crippen LogP contribution in [0.15, 0.2) is 82.8 Å². The zero-order chi connectivity index (χ0) is 21.9. The van der Waals surface area contributed by atoms with E-state index >= 15 is 0 Å². The molecule has 3 aromatic carbocycles. The van der Waals surface area contributed by atoms with Crippen molar-refractivity contribution in [1.29, 1.82) is 0 Å². The number of ether oxygens (including phenoxy) is 1. The molecule has 4 aromatic rings. The van der Waals surface area contributed by atoms with Gasteiger partial charge in [0, 0.05) is 32.5 Å². The Kier molecular flexibility index (Phi) is 6.21. The summed E-state index contributed by atoms with van der Waals surface area (Å²) in [6, 6.07) is 24.1. The fourth-order valence-electron chi connectivity index (χ4n) is 3.37. The Morgan fingerprint density at radius 1 is 0.969 bits per heavy atom. The number of rotatable bonds is 5. The summed E-state index contributed by atoms with van der Waals surface area (Å²) in [7, 11) is 0. The number of nitrogens with zero attached hydrogens (tertiary/aromatic N) is 3. The summed E-state index contributed by atoms with van der Waals surface area (Å²) in [5.74, 6) is 1.18. The summed E-state index contributed by atoms with van der Waals surface area (Å²) < 4.78 is 6.35. The van der Waals surface area contributed by atoms with Crippen LogP contribution in [0.4, 0.5) is 5.69 Å². The number of benzene rings is 3. The standard InChI is InChI=1S/C24H19ClN4OS2/c1-31-18-12-8-16(9-13-18)22-26-20-5-3-2-4-19(20)21-23(30-22)27-24(29-28-21)32-14-15-6-10-17(25)11-7-15/h2-13,22,26H,14H2,1H3/t22-/m0/s1. The highest BCUT2D eigenvalue weighted by Gasteiger charge is 2.26. The van der Waals surface area contributed by atoms with E-state index in [0.29, 0.717) is 22.5 Å². The van der Waals surface area contributed by atoms with Crippen LogP contribution >= 0.6 is 35.1 Å². The van der Waals surface area contributed by atoms with Crippen molar-refractivity contribution < 1.29 is 4.74 Å². The van der Waals surface area contributed by atoms with Gasteiger partial charge in [-0.2, -0.15) is 4.98 Å². The number of hydrogen-bond donors (Lipinski definition) is 1. The summed E-state index contributed by atoms with van der Waals surface area (Å²) in [6.45, 7) is 0. The number of thioether (sulfide) groups is 2. The van der Waals surface area contributed by atoms with Crippen molar-refractivity contribution >= 4 is 40.8 Å². The molecule has 32 heavy (non-hydrogen) atoms. The van der Waals surface area contributed by atoms with Gasteiger partial charge in [-0.1, -0.05) is 65.8 Å². The van der Waals surface area contributed by atoms with Crippen molar-refractivity contribution in [2.75, 3.05) is 11.6 Å². The molecule has 1 aromatic heterocycles. The number of nitrogens with one attached hydrogen (secondary N) is 1. The fourth-order valence-corrected chi connectivity index (χ4v) is 4.63. The molecule has 1 aliphatic heterocycles. The van der Waals surface area contributed by atoms with Gasteiger partial charge < -0.3 is 10.1 Å². The molecular weight excluding hydrogens is 460 g/mol. The summed E-state index contributed by atoms with van der Waals surface area (Å²) in [5, 5.41) is 13.6. The minimum atomic E-state index is -0.390. The molecule has 1 aliphatic rings. The predicted octanol–water partition coefficient (Wildman–Crippen LogP) is 6.71. The lowest BCUT2D eigenvalue weighted by molar-refractivity contribution is 0.225. The van der Waals surface area contributed by atoms with Gasteiger partial charge in [-0.25, -0.2) is 0 Å². The first-order valence-corrected chi connectivity index (χ1v) is 12.6. The van der Waals surface area contributed by atoms with Crippen LogP contribution in [0.3, 0.4) is 0 Å². The smallest absolute Gasteiger partial charge is 0.247 e. The van der Waals surface area contributed by atoms with Gasteiger partial charge in [-0.15, -0.1) is 22.0 Å². The van der Waals surface area contributed by atoms with Crippen LogP contribution in [-0.2, 0) is 5.75 Å². The third-order valence-corrected chi connectivity index (χ3v) is 6.94. The van der Waals surface area contributed by atoms with Crippen LogP contribution in [-0.4, -0.2) is 21.4 Å². The molecule has 0 saturated carbocycles. The minimum absolute atomic E-state index is 0.390. The molecule has 0 bridgehead atoms. The van der Waals surface area contributed by atoms with Gasteiger partial charge >= 0.3 is 0 Å². The molecule has 0 spiro atoms. The van der Waals surface area contributed by atoms with Crippen molar-refractivity contribution in [1.82, 2.24) is 15.2 Å². The Morgan fingerprint density at radius 2 is 1.75 bits per heavy atom. The normalized spacial score (nSPS) is 14.5. The Labute approximate surface area is 200 Å². The summed E-state index contributed by atoms with van der Waals surface area (Å²) in [6.07, 6.45) is 1.67. The lowest BCUT2D eigenvalue weighted by atomic mass is 10.1. The van der Waals surface area contributed by atoms with Crippen LogP contribution in [0.1, 0.15) is 17.4 Å². The highest BCUT2D eigenvalue weighted by Crippen LogP contribution is 2.39. The van der Waals surface area contributed by atoms with Crippen LogP contribution in [0, 0.1) is 0 Å². The number of para-hydroxylation sites is 1.